The topological polar surface area (TPSA) is 56.0 Å². The summed E-state index contributed by atoms with van der Waals surface area (Å²) in [5.74, 6) is -0.0451. The van der Waals surface area contributed by atoms with Gasteiger partial charge in [-0.2, -0.15) is 0 Å². The minimum Gasteiger partial charge on any atom is -0.398 e. The maximum atomic E-state index is 12.2. The van der Waals surface area contributed by atoms with Crippen molar-refractivity contribution in [3.63, 3.8) is 0 Å². The number of pyridine rings is 1. The molecule has 0 saturated heterocycles. The Morgan fingerprint density at radius 1 is 1.35 bits per heavy atom. The van der Waals surface area contributed by atoms with E-state index in [-0.39, 0.29) is 5.78 Å². The van der Waals surface area contributed by atoms with Gasteiger partial charge in [0.05, 0.1) is 0 Å². The molecule has 0 aliphatic heterocycles. The second kappa shape index (κ2) is 4.67. The van der Waals surface area contributed by atoms with Gasteiger partial charge in [-0.1, -0.05) is 0 Å². The van der Waals surface area contributed by atoms with Crippen molar-refractivity contribution in [3.8, 4) is 0 Å². The van der Waals surface area contributed by atoms with Gasteiger partial charge < -0.3 is 5.73 Å². The molecule has 0 fully saturated rings. The van der Waals surface area contributed by atoms with Crippen LogP contribution in [0.4, 0.5) is 5.69 Å². The zero-order chi connectivity index (χ0) is 12.4. The first-order valence-corrected chi connectivity index (χ1v) is 5.89. The first-order valence-electron chi connectivity index (χ1n) is 5.10. The Balaban J connectivity index is 2.44. The highest BCUT2D eigenvalue weighted by Crippen LogP contribution is 2.22. The van der Waals surface area contributed by atoms with Crippen molar-refractivity contribution in [1.29, 1.82) is 0 Å². The number of rotatable bonds is 2. The second-order valence-electron chi connectivity index (χ2n) is 3.76. The van der Waals surface area contributed by atoms with Gasteiger partial charge in [-0.05, 0) is 52.7 Å². The van der Waals surface area contributed by atoms with E-state index in [0.29, 0.717) is 16.8 Å². The quantitative estimate of drug-likeness (QED) is 0.683. The summed E-state index contributed by atoms with van der Waals surface area (Å²) in [6, 6.07) is 6.97. The molecule has 0 aliphatic rings. The number of nitrogens with zero attached hydrogens (tertiary/aromatic N) is 1. The summed E-state index contributed by atoms with van der Waals surface area (Å²) in [7, 11) is 0. The lowest BCUT2D eigenvalue weighted by Gasteiger charge is -2.05. The molecule has 1 heterocycles. The highest BCUT2D eigenvalue weighted by molar-refractivity contribution is 9.10. The van der Waals surface area contributed by atoms with Crippen LogP contribution < -0.4 is 5.73 Å². The predicted octanol–water partition coefficient (Wildman–Crippen LogP) is 2.97. The summed E-state index contributed by atoms with van der Waals surface area (Å²) in [5, 5.41) is 0. The van der Waals surface area contributed by atoms with Crippen molar-refractivity contribution < 1.29 is 4.79 Å². The number of hydrogen-bond acceptors (Lipinski definition) is 3. The van der Waals surface area contributed by atoms with Gasteiger partial charge in [-0.15, -0.1) is 0 Å². The largest absolute Gasteiger partial charge is 0.398 e. The molecule has 0 bridgehead atoms. The Bertz CT molecular complexity index is 581. The SMILES string of the molecule is Cc1ccncc1C(=O)c1ccc(N)c(Br)c1. The molecule has 0 saturated carbocycles. The lowest BCUT2D eigenvalue weighted by atomic mass is 10.0. The van der Waals surface area contributed by atoms with Crippen LogP contribution in [-0.4, -0.2) is 10.8 Å². The maximum Gasteiger partial charge on any atom is 0.194 e. The number of nitrogen functional groups attached to an aromatic ring is 1. The maximum absolute atomic E-state index is 12.2. The molecule has 2 N–H and O–H groups in total. The van der Waals surface area contributed by atoms with Crippen LogP contribution in [0.25, 0.3) is 0 Å². The van der Waals surface area contributed by atoms with E-state index in [1.54, 1.807) is 30.6 Å². The highest BCUT2D eigenvalue weighted by Gasteiger charge is 2.12. The van der Waals surface area contributed by atoms with E-state index in [1.807, 2.05) is 13.0 Å². The summed E-state index contributed by atoms with van der Waals surface area (Å²) < 4.78 is 0.727. The van der Waals surface area contributed by atoms with E-state index in [4.69, 9.17) is 5.73 Å². The molecule has 0 atom stereocenters. The Labute approximate surface area is 108 Å². The molecule has 0 aliphatic carbocycles. The van der Waals surface area contributed by atoms with Crippen LogP contribution in [0.3, 0.4) is 0 Å². The number of nitrogens with two attached hydrogens (primary N) is 1. The number of halogens is 1. The van der Waals surface area contributed by atoms with Crippen LogP contribution in [0.5, 0.6) is 0 Å². The number of aromatic nitrogens is 1. The minimum absolute atomic E-state index is 0.0451. The van der Waals surface area contributed by atoms with Crippen molar-refractivity contribution in [1.82, 2.24) is 4.98 Å². The first kappa shape index (κ1) is 11.8. The molecular weight excluding hydrogens is 280 g/mol. The Morgan fingerprint density at radius 2 is 2.12 bits per heavy atom. The van der Waals surface area contributed by atoms with E-state index in [1.165, 1.54) is 0 Å². The fraction of sp³-hybridized carbons (Fsp3) is 0.0769. The third-order valence-electron chi connectivity index (χ3n) is 2.55. The molecule has 17 heavy (non-hydrogen) atoms. The number of carbonyl (C=O) groups is 1. The number of benzene rings is 1. The van der Waals surface area contributed by atoms with Crippen molar-refractivity contribution in [3.05, 3.63) is 57.8 Å². The average molecular weight is 291 g/mol. The van der Waals surface area contributed by atoms with Crippen LogP contribution in [0.1, 0.15) is 21.5 Å². The zero-order valence-electron chi connectivity index (χ0n) is 9.27. The number of hydrogen-bond donors (Lipinski definition) is 1. The molecule has 4 heteroatoms. The van der Waals surface area contributed by atoms with Crippen LogP contribution in [0.2, 0.25) is 0 Å². The number of carbonyl (C=O) groups excluding carboxylic acids is 1. The lowest BCUT2D eigenvalue weighted by Crippen LogP contribution is -2.04. The molecule has 3 nitrogen and oxygen atoms in total. The fourth-order valence-corrected chi connectivity index (χ4v) is 1.90. The molecule has 1 aromatic heterocycles. The van der Waals surface area contributed by atoms with Gasteiger partial charge in [0.2, 0.25) is 0 Å². The van der Waals surface area contributed by atoms with Gasteiger partial charge in [-0.25, -0.2) is 0 Å². The van der Waals surface area contributed by atoms with Gasteiger partial charge in [0, 0.05) is 33.7 Å². The Hall–Kier alpha value is -1.68. The molecule has 2 aromatic rings. The summed E-state index contributed by atoms with van der Waals surface area (Å²) in [5.41, 5.74) is 8.43. The highest BCUT2D eigenvalue weighted by atomic mass is 79.9. The third-order valence-corrected chi connectivity index (χ3v) is 3.23. The lowest BCUT2D eigenvalue weighted by molar-refractivity contribution is 0.103. The van der Waals surface area contributed by atoms with E-state index >= 15 is 0 Å². The zero-order valence-corrected chi connectivity index (χ0v) is 10.9. The molecule has 0 unspecified atom stereocenters. The molecule has 0 amide bonds. The second-order valence-corrected chi connectivity index (χ2v) is 4.61. The third kappa shape index (κ3) is 2.36. The van der Waals surface area contributed by atoms with Gasteiger partial charge in [0.25, 0.3) is 0 Å². The van der Waals surface area contributed by atoms with Gasteiger partial charge in [0.1, 0.15) is 0 Å². The summed E-state index contributed by atoms with van der Waals surface area (Å²) in [6.45, 7) is 1.89. The van der Waals surface area contributed by atoms with E-state index in [0.717, 1.165) is 10.0 Å². The van der Waals surface area contributed by atoms with Gasteiger partial charge in [-0.3, -0.25) is 9.78 Å². The molecule has 1 aromatic carbocycles. The van der Waals surface area contributed by atoms with E-state index < -0.39 is 0 Å². The monoisotopic (exact) mass is 290 g/mol. The first-order chi connectivity index (χ1) is 8.09. The molecule has 86 valence electrons. The van der Waals surface area contributed by atoms with Gasteiger partial charge in [0.15, 0.2) is 5.78 Å². The van der Waals surface area contributed by atoms with Crippen molar-refractivity contribution in [2.24, 2.45) is 0 Å². The molecule has 0 radical (unpaired) electrons. The number of ketones is 1. The van der Waals surface area contributed by atoms with Gasteiger partial charge >= 0.3 is 0 Å². The van der Waals surface area contributed by atoms with E-state index in [9.17, 15) is 4.79 Å². The normalized spacial score (nSPS) is 10.2. The average Bonchev–Trinajstić information content (AvgIpc) is 2.32. The Morgan fingerprint density at radius 3 is 2.76 bits per heavy atom. The number of anilines is 1. The summed E-state index contributed by atoms with van der Waals surface area (Å²) >= 11 is 3.31. The smallest absolute Gasteiger partial charge is 0.194 e. The number of aryl methyl sites for hydroxylation is 1. The van der Waals surface area contributed by atoms with Crippen LogP contribution >= 0.6 is 15.9 Å². The van der Waals surface area contributed by atoms with Crippen molar-refractivity contribution in [2.45, 2.75) is 6.92 Å². The Kier molecular flexibility index (Phi) is 3.24. The summed E-state index contributed by atoms with van der Waals surface area (Å²) in [6.07, 6.45) is 3.26. The fourth-order valence-electron chi connectivity index (χ4n) is 1.53. The van der Waals surface area contributed by atoms with E-state index in [2.05, 4.69) is 20.9 Å². The van der Waals surface area contributed by atoms with Crippen LogP contribution in [-0.2, 0) is 0 Å². The van der Waals surface area contributed by atoms with Crippen LogP contribution in [0, 0.1) is 6.92 Å². The standard InChI is InChI=1S/C13H11BrN2O/c1-8-4-5-16-7-10(8)13(17)9-2-3-12(15)11(14)6-9/h2-7H,15H2,1H3. The molecule has 2 rings (SSSR count). The molecule has 0 spiro atoms. The predicted molar refractivity (Wildman–Crippen MR) is 71.0 cm³/mol. The van der Waals surface area contributed by atoms with Crippen molar-refractivity contribution in [2.75, 3.05) is 5.73 Å². The summed E-state index contributed by atoms with van der Waals surface area (Å²) in [4.78, 5) is 16.2. The molecular formula is C13H11BrN2O. The van der Waals surface area contributed by atoms with Crippen LogP contribution in [0.15, 0.2) is 41.1 Å². The minimum atomic E-state index is -0.0451. The van der Waals surface area contributed by atoms with Crippen molar-refractivity contribution >= 4 is 27.4 Å².